The average Bonchev–Trinajstić information content (AvgIpc) is 2.27. The largest absolute Gasteiger partial charge is 0.369 e. The van der Waals surface area contributed by atoms with Gasteiger partial charge in [0.15, 0.2) is 0 Å². The highest BCUT2D eigenvalue weighted by Crippen LogP contribution is 2.27. The summed E-state index contributed by atoms with van der Waals surface area (Å²) in [7, 11) is 1.70. The number of hydrogen-bond donors (Lipinski definition) is 1. The van der Waals surface area contributed by atoms with Gasteiger partial charge in [0, 0.05) is 17.7 Å². The van der Waals surface area contributed by atoms with E-state index in [2.05, 4.69) is 0 Å². The molecular weight excluding hydrogens is 222 g/mol. The summed E-state index contributed by atoms with van der Waals surface area (Å²) in [5.74, 6) is -0.460. The van der Waals surface area contributed by atoms with Crippen LogP contribution in [0.1, 0.15) is 18.5 Å². The first kappa shape index (κ1) is 13.1. The molecule has 0 aliphatic carbocycles. The SMILES string of the molecule is C[C@H](c1ccccc1[N+](=O)[O-])N(C)CC(N)=O. The molecule has 1 aromatic rings. The van der Waals surface area contributed by atoms with Gasteiger partial charge < -0.3 is 5.73 Å². The van der Waals surface area contributed by atoms with Crippen LogP contribution in [-0.2, 0) is 4.79 Å². The molecule has 2 N–H and O–H groups in total. The van der Waals surface area contributed by atoms with E-state index < -0.39 is 10.8 Å². The van der Waals surface area contributed by atoms with Crippen molar-refractivity contribution in [3.05, 3.63) is 39.9 Å². The monoisotopic (exact) mass is 237 g/mol. The van der Waals surface area contributed by atoms with Gasteiger partial charge in [0.05, 0.1) is 11.5 Å². The highest BCUT2D eigenvalue weighted by molar-refractivity contribution is 5.76. The molecule has 0 heterocycles. The number of para-hydroxylation sites is 1. The van der Waals surface area contributed by atoms with Crippen LogP contribution in [0.3, 0.4) is 0 Å². The number of carbonyl (C=O) groups is 1. The molecule has 0 aliphatic heterocycles. The summed E-state index contributed by atoms with van der Waals surface area (Å²) in [6, 6.07) is 6.23. The van der Waals surface area contributed by atoms with E-state index in [0.29, 0.717) is 5.56 Å². The number of nitro groups is 1. The average molecular weight is 237 g/mol. The van der Waals surface area contributed by atoms with Crippen molar-refractivity contribution in [3.8, 4) is 0 Å². The molecule has 92 valence electrons. The Morgan fingerprint density at radius 2 is 2.12 bits per heavy atom. The van der Waals surface area contributed by atoms with Crippen molar-refractivity contribution in [3.63, 3.8) is 0 Å². The molecule has 1 aromatic carbocycles. The third kappa shape index (κ3) is 3.25. The molecule has 0 radical (unpaired) electrons. The number of hydrogen-bond acceptors (Lipinski definition) is 4. The molecule has 0 saturated carbocycles. The van der Waals surface area contributed by atoms with E-state index in [1.165, 1.54) is 6.07 Å². The lowest BCUT2D eigenvalue weighted by Gasteiger charge is -2.23. The molecule has 0 unspecified atom stereocenters. The molecule has 1 amide bonds. The summed E-state index contributed by atoms with van der Waals surface area (Å²) >= 11 is 0. The van der Waals surface area contributed by atoms with Gasteiger partial charge in [-0.15, -0.1) is 0 Å². The summed E-state index contributed by atoms with van der Waals surface area (Å²) in [6.07, 6.45) is 0. The number of primary amides is 1. The number of rotatable bonds is 5. The molecule has 6 heteroatoms. The Hall–Kier alpha value is -1.95. The summed E-state index contributed by atoms with van der Waals surface area (Å²) in [5.41, 5.74) is 5.72. The second kappa shape index (κ2) is 5.40. The van der Waals surface area contributed by atoms with Crippen LogP contribution < -0.4 is 5.73 Å². The van der Waals surface area contributed by atoms with Crippen molar-refractivity contribution >= 4 is 11.6 Å². The van der Waals surface area contributed by atoms with E-state index in [-0.39, 0.29) is 18.3 Å². The van der Waals surface area contributed by atoms with E-state index in [0.717, 1.165) is 0 Å². The molecule has 6 nitrogen and oxygen atoms in total. The van der Waals surface area contributed by atoms with Gasteiger partial charge in [0.1, 0.15) is 0 Å². The fraction of sp³-hybridized carbons (Fsp3) is 0.364. The molecule has 17 heavy (non-hydrogen) atoms. The summed E-state index contributed by atoms with van der Waals surface area (Å²) < 4.78 is 0. The lowest BCUT2D eigenvalue weighted by molar-refractivity contribution is -0.385. The number of likely N-dealkylation sites (N-methyl/N-ethyl adjacent to an activating group) is 1. The van der Waals surface area contributed by atoms with E-state index in [1.807, 2.05) is 0 Å². The van der Waals surface area contributed by atoms with E-state index in [9.17, 15) is 14.9 Å². The van der Waals surface area contributed by atoms with E-state index in [4.69, 9.17) is 5.73 Å². The number of amides is 1. The minimum absolute atomic E-state index is 0.0521. The topological polar surface area (TPSA) is 89.5 Å². The van der Waals surface area contributed by atoms with Gasteiger partial charge in [0.25, 0.3) is 5.69 Å². The number of nitrogens with zero attached hydrogens (tertiary/aromatic N) is 2. The van der Waals surface area contributed by atoms with Gasteiger partial charge in [-0.3, -0.25) is 19.8 Å². The highest BCUT2D eigenvalue weighted by Gasteiger charge is 2.21. The van der Waals surface area contributed by atoms with Crippen LogP contribution in [-0.4, -0.2) is 29.3 Å². The maximum atomic E-state index is 10.9. The first-order valence-corrected chi connectivity index (χ1v) is 5.15. The lowest BCUT2D eigenvalue weighted by Crippen LogP contribution is -2.32. The van der Waals surface area contributed by atoms with Gasteiger partial charge in [-0.1, -0.05) is 18.2 Å². The Labute approximate surface area is 99.2 Å². The van der Waals surface area contributed by atoms with Gasteiger partial charge in [-0.05, 0) is 14.0 Å². The standard InChI is InChI=1S/C11H15N3O3/c1-8(13(2)7-11(12)15)9-5-3-4-6-10(9)14(16)17/h3-6,8H,7H2,1-2H3,(H2,12,15)/t8-/m1/s1. The second-order valence-corrected chi connectivity index (χ2v) is 3.87. The molecule has 1 rings (SSSR count). The molecule has 0 saturated heterocycles. The summed E-state index contributed by atoms with van der Waals surface area (Å²) in [6.45, 7) is 1.86. The van der Waals surface area contributed by atoms with Crippen LogP contribution in [0, 0.1) is 10.1 Å². The van der Waals surface area contributed by atoms with Crippen molar-refractivity contribution in [2.24, 2.45) is 5.73 Å². The Kier molecular flexibility index (Phi) is 4.17. The first-order valence-electron chi connectivity index (χ1n) is 5.15. The molecule has 0 bridgehead atoms. The van der Waals surface area contributed by atoms with Gasteiger partial charge in [-0.25, -0.2) is 0 Å². The molecule has 0 spiro atoms. The quantitative estimate of drug-likeness (QED) is 0.612. The highest BCUT2D eigenvalue weighted by atomic mass is 16.6. The molecule has 1 atom stereocenters. The zero-order chi connectivity index (χ0) is 13.0. The Balaban J connectivity index is 2.99. The van der Waals surface area contributed by atoms with Crippen molar-refractivity contribution in [2.45, 2.75) is 13.0 Å². The third-order valence-electron chi connectivity index (χ3n) is 2.65. The van der Waals surface area contributed by atoms with Crippen LogP contribution in [0.5, 0.6) is 0 Å². The zero-order valence-corrected chi connectivity index (χ0v) is 9.79. The van der Waals surface area contributed by atoms with Crippen LogP contribution in [0.4, 0.5) is 5.69 Å². The minimum atomic E-state index is -0.460. The molecule has 0 aromatic heterocycles. The van der Waals surface area contributed by atoms with Gasteiger partial charge in [0.2, 0.25) is 5.91 Å². The fourth-order valence-electron chi connectivity index (χ4n) is 1.63. The predicted octanol–water partition coefficient (Wildman–Crippen LogP) is 1.07. The maximum absolute atomic E-state index is 10.9. The molecule has 0 aliphatic rings. The fourth-order valence-corrected chi connectivity index (χ4v) is 1.63. The Bertz CT molecular complexity index is 434. The summed E-state index contributed by atoms with van der Waals surface area (Å²) in [4.78, 5) is 22.9. The minimum Gasteiger partial charge on any atom is -0.369 e. The first-order chi connectivity index (χ1) is 7.93. The van der Waals surface area contributed by atoms with E-state index >= 15 is 0 Å². The van der Waals surface area contributed by atoms with Gasteiger partial charge >= 0.3 is 0 Å². The predicted molar refractivity (Wildman–Crippen MR) is 63.3 cm³/mol. The van der Waals surface area contributed by atoms with Crippen LogP contribution in [0.25, 0.3) is 0 Å². The number of benzene rings is 1. The van der Waals surface area contributed by atoms with Crippen LogP contribution in [0.15, 0.2) is 24.3 Å². The number of carbonyl (C=O) groups excluding carboxylic acids is 1. The Morgan fingerprint density at radius 1 is 1.53 bits per heavy atom. The van der Waals surface area contributed by atoms with E-state index in [1.54, 1.807) is 37.1 Å². The molecular formula is C11H15N3O3. The van der Waals surface area contributed by atoms with Gasteiger partial charge in [-0.2, -0.15) is 0 Å². The lowest BCUT2D eigenvalue weighted by atomic mass is 10.1. The molecule has 0 fully saturated rings. The zero-order valence-electron chi connectivity index (χ0n) is 9.79. The van der Waals surface area contributed by atoms with Crippen molar-refractivity contribution in [2.75, 3.05) is 13.6 Å². The number of nitro benzene ring substituents is 1. The normalized spacial score (nSPS) is 12.4. The van der Waals surface area contributed by atoms with Crippen molar-refractivity contribution in [1.82, 2.24) is 4.90 Å². The van der Waals surface area contributed by atoms with Crippen LogP contribution >= 0.6 is 0 Å². The second-order valence-electron chi connectivity index (χ2n) is 3.87. The summed E-state index contributed by atoms with van der Waals surface area (Å²) in [5, 5.41) is 10.9. The maximum Gasteiger partial charge on any atom is 0.274 e. The van der Waals surface area contributed by atoms with Crippen molar-refractivity contribution in [1.29, 1.82) is 0 Å². The smallest absolute Gasteiger partial charge is 0.274 e. The number of nitrogens with two attached hydrogens (primary N) is 1. The van der Waals surface area contributed by atoms with Crippen LogP contribution in [0.2, 0.25) is 0 Å². The third-order valence-corrected chi connectivity index (χ3v) is 2.65. The van der Waals surface area contributed by atoms with Crippen molar-refractivity contribution < 1.29 is 9.72 Å². The Morgan fingerprint density at radius 3 is 2.65 bits per heavy atom.